The number of anilines is 1. The van der Waals surface area contributed by atoms with Crippen LogP contribution in [0.4, 0.5) is 5.69 Å². The Hall–Kier alpha value is -3.38. The summed E-state index contributed by atoms with van der Waals surface area (Å²) in [6.07, 6.45) is 1.39. The molecule has 7 heteroatoms. The monoisotopic (exact) mass is 382 g/mol. The van der Waals surface area contributed by atoms with Crippen molar-refractivity contribution in [2.45, 2.75) is 0 Å². The van der Waals surface area contributed by atoms with E-state index >= 15 is 0 Å². The Morgan fingerprint density at radius 3 is 2.37 bits per heavy atom. The molecule has 2 aromatic carbocycles. The molecule has 3 rings (SSSR count). The van der Waals surface area contributed by atoms with Crippen LogP contribution in [0.1, 0.15) is 10.5 Å². The first kappa shape index (κ1) is 18.4. The molecule has 1 heterocycles. The summed E-state index contributed by atoms with van der Waals surface area (Å²) < 4.78 is 10.6. The van der Waals surface area contributed by atoms with Crippen molar-refractivity contribution in [1.82, 2.24) is 4.98 Å². The third kappa shape index (κ3) is 5.55. The Labute approximate surface area is 160 Å². The van der Waals surface area contributed by atoms with Crippen LogP contribution in [0.2, 0.25) is 5.02 Å². The maximum absolute atomic E-state index is 11.9. The number of carbonyl (C=O) groups is 2. The Kier molecular flexibility index (Phi) is 6.02. The zero-order valence-corrected chi connectivity index (χ0v) is 14.8. The van der Waals surface area contributed by atoms with E-state index < -0.39 is 18.5 Å². The smallest absolute Gasteiger partial charge is 0.357 e. The summed E-state index contributed by atoms with van der Waals surface area (Å²) in [6, 6.07) is 19.1. The minimum atomic E-state index is -0.723. The predicted octanol–water partition coefficient (Wildman–Crippen LogP) is 4.32. The molecular weight excluding hydrogens is 368 g/mol. The number of ether oxygens (including phenoxy) is 2. The van der Waals surface area contributed by atoms with Crippen molar-refractivity contribution in [1.29, 1.82) is 0 Å². The fourth-order valence-electron chi connectivity index (χ4n) is 2.15. The molecule has 0 fully saturated rings. The summed E-state index contributed by atoms with van der Waals surface area (Å²) in [6.45, 7) is -0.435. The molecular formula is C20H15ClN2O4. The van der Waals surface area contributed by atoms with Gasteiger partial charge in [0.05, 0.1) is 0 Å². The number of benzene rings is 2. The Balaban J connectivity index is 1.50. The lowest BCUT2D eigenvalue weighted by Crippen LogP contribution is -2.21. The molecule has 0 aliphatic heterocycles. The highest BCUT2D eigenvalue weighted by molar-refractivity contribution is 6.30. The standard InChI is InChI=1S/C20H15ClN2O4/c21-14-10-11-22-18(12-14)20(25)26-13-19(24)23-15-6-8-17(9-7-15)27-16-4-2-1-3-5-16/h1-12H,13H2,(H,23,24). The molecule has 1 amide bonds. The molecule has 27 heavy (non-hydrogen) atoms. The molecule has 0 spiro atoms. The van der Waals surface area contributed by atoms with Crippen molar-refractivity contribution >= 4 is 29.2 Å². The van der Waals surface area contributed by atoms with Gasteiger partial charge in [0.15, 0.2) is 6.61 Å². The van der Waals surface area contributed by atoms with Gasteiger partial charge in [-0.25, -0.2) is 9.78 Å². The SMILES string of the molecule is O=C(COC(=O)c1cc(Cl)ccn1)Nc1ccc(Oc2ccccc2)cc1. The molecule has 0 atom stereocenters. The van der Waals surface area contributed by atoms with E-state index in [1.165, 1.54) is 18.3 Å². The topological polar surface area (TPSA) is 77.5 Å². The van der Waals surface area contributed by atoms with Gasteiger partial charge in [-0.05, 0) is 48.5 Å². The van der Waals surface area contributed by atoms with E-state index in [0.29, 0.717) is 16.5 Å². The summed E-state index contributed by atoms with van der Waals surface area (Å²) in [7, 11) is 0. The molecule has 136 valence electrons. The molecule has 6 nitrogen and oxygen atoms in total. The summed E-state index contributed by atoms with van der Waals surface area (Å²) in [5.74, 6) is 0.162. The molecule has 0 radical (unpaired) electrons. The fraction of sp³-hybridized carbons (Fsp3) is 0.0500. The summed E-state index contributed by atoms with van der Waals surface area (Å²) in [5, 5.41) is 2.99. The highest BCUT2D eigenvalue weighted by Crippen LogP contribution is 2.22. The van der Waals surface area contributed by atoms with Crippen molar-refractivity contribution in [3.05, 3.63) is 83.6 Å². The summed E-state index contributed by atoms with van der Waals surface area (Å²) in [5.41, 5.74) is 0.593. The number of para-hydroxylation sites is 1. The molecule has 1 N–H and O–H groups in total. The number of halogens is 1. The van der Waals surface area contributed by atoms with Crippen LogP contribution in [0.15, 0.2) is 72.9 Å². The minimum Gasteiger partial charge on any atom is -0.457 e. The first-order chi connectivity index (χ1) is 13.1. The lowest BCUT2D eigenvalue weighted by molar-refractivity contribution is -0.119. The van der Waals surface area contributed by atoms with Crippen LogP contribution >= 0.6 is 11.6 Å². The van der Waals surface area contributed by atoms with Crippen molar-refractivity contribution in [2.75, 3.05) is 11.9 Å². The number of nitrogens with one attached hydrogen (secondary N) is 1. The molecule has 0 aliphatic carbocycles. The van der Waals surface area contributed by atoms with Crippen molar-refractivity contribution in [3.63, 3.8) is 0 Å². The van der Waals surface area contributed by atoms with Crippen LogP contribution < -0.4 is 10.1 Å². The molecule has 0 saturated carbocycles. The molecule has 0 bridgehead atoms. The first-order valence-corrected chi connectivity index (χ1v) is 8.39. The number of nitrogens with zero attached hydrogens (tertiary/aromatic N) is 1. The van der Waals surface area contributed by atoms with E-state index in [1.54, 1.807) is 24.3 Å². The highest BCUT2D eigenvalue weighted by atomic mass is 35.5. The lowest BCUT2D eigenvalue weighted by atomic mass is 10.3. The molecule has 0 saturated heterocycles. The fourth-order valence-corrected chi connectivity index (χ4v) is 2.31. The van der Waals surface area contributed by atoms with Crippen LogP contribution in [-0.2, 0) is 9.53 Å². The Bertz CT molecular complexity index is 930. The number of amides is 1. The lowest BCUT2D eigenvalue weighted by Gasteiger charge is -2.08. The third-order valence-corrected chi connectivity index (χ3v) is 3.62. The zero-order chi connectivity index (χ0) is 19.1. The number of hydrogen-bond donors (Lipinski definition) is 1. The van der Waals surface area contributed by atoms with Gasteiger partial charge in [-0.3, -0.25) is 4.79 Å². The van der Waals surface area contributed by atoms with Gasteiger partial charge in [-0.15, -0.1) is 0 Å². The van der Waals surface area contributed by atoms with Crippen LogP contribution in [0.3, 0.4) is 0 Å². The van der Waals surface area contributed by atoms with E-state index in [1.807, 2.05) is 30.3 Å². The number of aromatic nitrogens is 1. The van der Waals surface area contributed by atoms with Gasteiger partial charge in [0.1, 0.15) is 17.2 Å². The number of carbonyl (C=O) groups excluding carboxylic acids is 2. The van der Waals surface area contributed by atoms with Gasteiger partial charge >= 0.3 is 5.97 Å². The molecule has 3 aromatic rings. The normalized spacial score (nSPS) is 10.1. The molecule has 0 unspecified atom stereocenters. The summed E-state index contributed by atoms with van der Waals surface area (Å²) in [4.78, 5) is 27.6. The average molecular weight is 383 g/mol. The van der Waals surface area contributed by atoms with Gasteiger partial charge in [0.25, 0.3) is 5.91 Å². The third-order valence-electron chi connectivity index (χ3n) is 3.38. The van der Waals surface area contributed by atoms with Gasteiger partial charge < -0.3 is 14.8 Å². The maximum Gasteiger partial charge on any atom is 0.357 e. The largest absolute Gasteiger partial charge is 0.457 e. The Morgan fingerprint density at radius 1 is 0.963 bits per heavy atom. The molecule has 1 aromatic heterocycles. The van der Waals surface area contributed by atoms with Crippen LogP contribution in [0.25, 0.3) is 0 Å². The second-order valence-electron chi connectivity index (χ2n) is 5.42. The Morgan fingerprint density at radius 2 is 1.67 bits per heavy atom. The van der Waals surface area contributed by atoms with Gasteiger partial charge in [-0.2, -0.15) is 0 Å². The zero-order valence-electron chi connectivity index (χ0n) is 14.1. The van der Waals surface area contributed by atoms with Gasteiger partial charge in [0, 0.05) is 16.9 Å². The first-order valence-electron chi connectivity index (χ1n) is 8.02. The van der Waals surface area contributed by atoms with Crippen molar-refractivity contribution in [2.24, 2.45) is 0 Å². The van der Waals surface area contributed by atoms with Gasteiger partial charge in [0.2, 0.25) is 0 Å². The van der Waals surface area contributed by atoms with E-state index in [0.717, 1.165) is 5.75 Å². The van der Waals surface area contributed by atoms with Crippen molar-refractivity contribution in [3.8, 4) is 11.5 Å². The number of hydrogen-bond acceptors (Lipinski definition) is 5. The number of rotatable bonds is 6. The van der Waals surface area contributed by atoms with Crippen LogP contribution in [-0.4, -0.2) is 23.5 Å². The second-order valence-corrected chi connectivity index (χ2v) is 5.86. The summed E-state index contributed by atoms with van der Waals surface area (Å²) >= 11 is 5.79. The quantitative estimate of drug-likeness (QED) is 0.642. The average Bonchev–Trinajstić information content (AvgIpc) is 2.68. The molecule has 0 aliphatic rings. The van der Waals surface area contributed by atoms with E-state index in [-0.39, 0.29) is 5.69 Å². The predicted molar refractivity (Wildman–Crippen MR) is 101 cm³/mol. The van der Waals surface area contributed by atoms with Crippen LogP contribution in [0.5, 0.6) is 11.5 Å². The van der Waals surface area contributed by atoms with Crippen molar-refractivity contribution < 1.29 is 19.1 Å². The number of esters is 1. The van der Waals surface area contributed by atoms with Crippen LogP contribution in [0, 0.1) is 0 Å². The van der Waals surface area contributed by atoms with Gasteiger partial charge in [-0.1, -0.05) is 29.8 Å². The van der Waals surface area contributed by atoms with E-state index in [9.17, 15) is 9.59 Å². The maximum atomic E-state index is 11.9. The second kappa shape index (κ2) is 8.82. The highest BCUT2D eigenvalue weighted by Gasteiger charge is 2.12. The minimum absolute atomic E-state index is 0.0395. The number of pyridine rings is 1. The van der Waals surface area contributed by atoms with E-state index in [2.05, 4.69) is 10.3 Å². The van der Waals surface area contributed by atoms with E-state index in [4.69, 9.17) is 21.1 Å².